The SMILES string of the molecule is O=C(O)CC[C@@H](NC(=O)c1ccc(/C=C2\SC(=S)N(CC(=O)O)C2=O)cc1)C(=O)O. The maximum absolute atomic E-state index is 12.2. The third kappa shape index (κ3) is 6.12. The summed E-state index contributed by atoms with van der Waals surface area (Å²) in [5.74, 6) is -4.92. The Balaban J connectivity index is 2.08. The van der Waals surface area contributed by atoms with Crippen molar-refractivity contribution < 1.29 is 39.3 Å². The molecule has 0 aliphatic carbocycles. The van der Waals surface area contributed by atoms with Crippen molar-refractivity contribution in [3.63, 3.8) is 0 Å². The van der Waals surface area contributed by atoms with E-state index in [4.69, 9.17) is 27.5 Å². The highest BCUT2D eigenvalue weighted by Gasteiger charge is 2.33. The second kappa shape index (κ2) is 9.98. The van der Waals surface area contributed by atoms with Crippen molar-refractivity contribution in [1.82, 2.24) is 10.2 Å². The number of thiocarbonyl (C=S) groups is 1. The zero-order chi connectivity index (χ0) is 22.4. The first-order valence-electron chi connectivity index (χ1n) is 8.41. The average Bonchev–Trinajstić information content (AvgIpc) is 2.92. The summed E-state index contributed by atoms with van der Waals surface area (Å²) in [5, 5.41) is 28.9. The minimum Gasteiger partial charge on any atom is -0.481 e. The summed E-state index contributed by atoms with van der Waals surface area (Å²) in [7, 11) is 0. The monoisotopic (exact) mass is 452 g/mol. The van der Waals surface area contributed by atoms with Crippen molar-refractivity contribution in [2.24, 2.45) is 0 Å². The lowest BCUT2D eigenvalue weighted by Gasteiger charge is -2.13. The third-order valence-corrected chi connectivity index (χ3v) is 5.27. The molecule has 30 heavy (non-hydrogen) atoms. The number of carboxylic acids is 3. The van der Waals surface area contributed by atoms with Gasteiger partial charge in [-0.05, 0) is 30.2 Å². The van der Waals surface area contributed by atoms with Crippen molar-refractivity contribution >= 4 is 64.1 Å². The first-order valence-corrected chi connectivity index (χ1v) is 9.63. The fraction of sp³-hybridized carbons (Fsp3) is 0.222. The fourth-order valence-corrected chi connectivity index (χ4v) is 3.68. The van der Waals surface area contributed by atoms with E-state index in [9.17, 15) is 24.0 Å². The molecule has 0 unspecified atom stereocenters. The number of hydrogen-bond donors (Lipinski definition) is 4. The molecule has 12 heteroatoms. The maximum atomic E-state index is 12.2. The van der Waals surface area contributed by atoms with Crippen LogP contribution in [0, 0.1) is 0 Å². The van der Waals surface area contributed by atoms with E-state index in [2.05, 4.69) is 5.32 Å². The van der Waals surface area contributed by atoms with E-state index in [0.717, 1.165) is 16.7 Å². The summed E-state index contributed by atoms with van der Waals surface area (Å²) in [6.07, 6.45) is 0.832. The number of amides is 2. The summed E-state index contributed by atoms with van der Waals surface area (Å²) in [5.41, 5.74) is 0.690. The third-order valence-electron chi connectivity index (χ3n) is 3.89. The second-order valence-electron chi connectivity index (χ2n) is 6.08. The molecule has 2 rings (SSSR count). The van der Waals surface area contributed by atoms with Gasteiger partial charge in [-0.2, -0.15) is 0 Å². The highest BCUT2D eigenvalue weighted by molar-refractivity contribution is 8.26. The molecule has 1 fully saturated rings. The van der Waals surface area contributed by atoms with Gasteiger partial charge in [-0.1, -0.05) is 36.1 Å². The predicted octanol–water partition coefficient (Wildman–Crippen LogP) is 1.02. The Morgan fingerprint density at radius 1 is 1.10 bits per heavy atom. The molecule has 0 bridgehead atoms. The van der Waals surface area contributed by atoms with Crippen LogP contribution >= 0.6 is 24.0 Å². The van der Waals surface area contributed by atoms with Crippen LogP contribution in [0.15, 0.2) is 29.2 Å². The zero-order valence-corrected chi connectivity index (χ0v) is 16.9. The molecule has 1 saturated heterocycles. The zero-order valence-electron chi connectivity index (χ0n) is 15.2. The Kier molecular flexibility index (Phi) is 7.66. The predicted molar refractivity (Wildman–Crippen MR) is 110 cm³/mol. The van der Waals surface area contributed by atoms with Crippen molar-refractivity contribution in [1.29, 1.82) is 0 Å². The van der Waals surface area contributed by atoms with Crippen molar-refractivity contribution in [3.8, 4) is 0 Å². The topological polar surface area (TPSA) is 161 Å². The quantitative estimate of drug-likeness (QED) is 0.314. The molecule has 1 atom stereocenters. The van der Waals surface area contributed by atoms with Gasteiger partial charge >= 0.3 is 17.9 Å². The highest BCUT2D eigenvalue weighted by atomic mass is 32.2. The number of carboxylic acid groups (broad SMARTS) is 3. The van der Waals surface area contributed by atoms with E-state index in [1.165, 1.54) is 30.3 Å². The molecule has 0 spiro atoms. The molecular formula is C18H16N2O8S2. The van der Waals surface area contributed by atoms with Crippen molar-refractivity contribution in [2.45, 2.75) is 18.9 Å². The first-order chi connectivity index (χ1) is 14.1. The van der Waals surface area contributed by atoms with Crippen LogP contribution < -0.4 is 5.32 Å². The first kappa shape index (κ1) is 23.0. The van der Waals surface area contributed by atoms with Gasteiger partial charge in [0, 0.05) is 12.0 Å². The molecule has 0 aromatic heterocycles. The normalized spacial score (nSPS) is 15.9. The van der Waals surface area contributed by atoms with Crippen LogP contribution in [0.25, 0.3) is 6.08 Å². The van der Waals surface area contributed by atoms with Crippen LogP contribution in [0.4, 0.5) is 0 Å². The molecule has 2 amide bonds. The van der Waals surface area contributed by atoms with Crippen LogP contribution in [0.2, 0.25) is 0 Å². The molecule has 0 radical (unpaired) electrons. The highest BCUT2D eigenvalue weighted by Crippen LogP contribution is 2.32. The molecule has 10 nitrogen and oxygen atoms in total. The van der Waals surface area contributed by atoms with E-state index in [-0.39, 0.29) is 21.2 Å². The average molecular weight is 452 g/mol. The Bertz CT molecular complexity index is 942. The number of thioether (sulfide) groups is 1. The van der Waals surface area contributed by atoms with Gasteiger partial charge < -0.3 is 20.6 Å². The lowest BCUT2D eigenvalue weighted by atomic mass is 10.1. The van der Waals surface area contributed by atoms with E-state index >= 15 is 0 Å². The van der Waals surface area contributed by atoms with Crippen molar-refractivity contribution in [3.05, 3.63) is 40.3 Å². The minimum atomic E-state index is -1.34. The second-order valence-corrected chi connectivity index (χ2v) is 7.76. The summed E-state index contributed by atoms with van der Waals surface area (Å²) in [4.78, 5) is 58.3. The fourth-order valence-electron chi connectivity index (χ4n) is 2.42. The summed E-state index contributed by atoms with van der Waals surface area (Å²) >= 11 is 5.97. The molecule has 0 saturated carbocycles. The number of benzene rings is 1. The molecule has 1 aliphatic rings. The van der Waals surface area contributed by atoms with Crippen LogP contribution in [-0.4, -0.2) is 66.8 Å². The lowest BCUT2D eigenvalue weighted by Crippen LogP contribution is -2.41. The van der Waals surface area contributed by atoms with Crippen LogP contribution in [0.1, 0.15) is 28.8 Å². The van der Waals surface area contributed by atoms with Crippen LogP contribution in [-0.2, 0) is 19.2 Å². The van der Waals surface area contributed by atoms with Gasteiger partial charge in [-0.3, -0.25) is 24.1 Å². The van der Waals surface area contributed by atoms with Crippen molar-refractivity contribution in [2.75, 3.05) is 6.54 Å². The van der Waals surface area contributed by atoms with E-state index in [0.29, 0.717) is 5.56 Å². The summed E-state index contributed by atoms with van der Waals surface area (Å²) in [6, 6.07) is 4.52. The van der Waals surface area contributed by atoms with Gasteiger partial charge in [0.25, 0.3) is 11.8 Å². The van der Waals surface area contributed by atoms with E-state index in [1.54, 1.807) is 0 Å². The lowest BCUT2D eigenvalue weighted by molar-refractivity contribution is -0.141. The Morgan fingerprint density at radius 2 is 1.73 bits per heavy atom. The Hall–Kier alpha value is -3.25. The van der Waals surface area contributed by atoms with Gasteiger partial charge in [-0.15, -0.1) is 0 Å². The van der Waals surface area contributed by atoms with Crippen LogP contribution in [0.3, 0.4) is 0 Å². The van der Waals surface area contributed by atoms with E-state index < -0.39 is 48.7 Å². The molecule has 1 aromatic rings. The number of carbonyl (C=O) groups is 5. The Labute approximate surface area is 179 Å². The summed E-state index contributed by atoms with van der Waals surface area (Å²) in [6.45, 7) is -0.534. The van der Waals surface area contributed by atoms with Gasteiger partial charge in [0.2, 0.25) is 0 Å². The Morgan fingerprint density at radius 3 is 2.27 bits per heavy atom. The molecule has 1 aromatic carbocycles. The van der Waals surface area contributed by atoms with Crippen LogP contribution in [0.5, 0.6) is 0 Å². The number of nitrogens with one attached hydrogen (secondary N) is 1. The molecule has 1 heterocycles. The largest absolute Gasteiger partial charge is 0.481 e. The van der Waals surface area contributed by atoms with Gasteiger partial charge in [-0.25, -0.2) is 4.79 Å². The van der Waals surface area contributed by atoms with Gasteiger partial charge in [0.15, 0.2) is 0 Å². The molecular weight excluding hydrogens is 436 g/mol. The molecule has 158 valence electrons. The smallest absolute Gasteiger partial charge is 0.326 e. The standard InChI is InChI=1S/C18H16N2O8S2/c21-13(22)6-5-11(17(27)28)19-15(25)10-3-1-9(2-4-10)7-12-16(26)20(8-14(23)24)18(29)30-12/h1-4,7,11H,5-6,8H2,(H,19,25)(H,21,22)(H,23,24)(H,27,28)/b12-7-/t11-/m1/s1. The molecule has 4 N–H and O–H groups in total. The number of aliphatic carboxylic acids is 3. The molecule has 1 aliphatic heterocycles. The van der Waals surface area contributed by atoms with E-state index in [1.807, 2.05) is 0 Å². The number of nitrogens with zero attached hydrogens (tertiary/aromatic N) is 1. The number of rotatable bonds is 9. The van der Waals surface area contributed by atoms with Gasteiger partial charge in [0.05, 0.1) is 4.91 Å². The minimum absolute atomic E-state index is 0.130. The maximum Gasteiger partial charge on any atom is 0.326 e. The summed E-state index contributed by atoms with van der Waals surface area (Å²) < 4.78 is 0.130. The number of carbonyl (C=O) groups excluding carboxylic acids is 2. The number of hydrogen-bond acceptors (Lipinski definition) is 7. The van der Waals surface area contributed by atoms with Gasteiger partial charge in [0.1, 0.15) is 16.9 Å².